The van der Waals surface area contributed by atoms with Crippen LogP contribution in [0, 0.1) is 16.7 Å². The second-order valence-corrected chi connectivity index (χ2v) is 9.79. The molecule has 2 aromatic heterocycles. The maximum atomic E-state index is 10.6. The molecule has 30 heavy (non-hydrogen) atoms. The van der Waals surface area contributed by atoms with Crippen molar-refractivity contribution in [1.29, 1.82) is 5.26 Å². The molecule has 152 valence electrons. The summed E-state index contributed by atoms with van der Waals surface area (Å²) in [7, 11) is 0. The number of nitriles is 1. The van der Waals surface area contributed by atoms with Gasteiger partial charge < -0.3 is 10.0 Å². The van der Waals surface area contributed by atoms with Gasteiger partial charge in [-0.2, -0.15) is 10.4 Å². The van der Waals surface area contributed by atoms with Gasteiger partial charge in [0.1, 0.15) is 12.1 Å². The lowest BCUT2D eigenvalue weighted by Gasteiger charge is -2.45. The van der Waals surface area contributed by atoms with Crippen molar-refractivity contribution in [2.24, 2.45) is 5.41 Å². The highest BCUT2D eigenvalue weighted by atomic mass is 16.3. The number of benzene rings is 1. The third kappa shape index (κ3) is 2.31. The van der Waals surface area contributed by atoms with Crippen LogP contribution >= 0.6 is 0 Å². The van der Waals surface area contributed by atoms with Crippen LogP contribution in [0.5, 0.6) is 0 Å². The number of fused-ring (bicyclic) bond motifs is 2. The molecule has 2 saturated heterocycles. The highest BCUT2D eigenvalue weighted by molar-refractivity contribution is 5.81. The van der Waals surface area contributed by atoms with Crippen molar-refractivity contribution < 1.29 is 5.11 Å². The van der Waals surface area contributed by atoms with Gasteiger partial charge >= 0.3 is 0 Å². The van der Waals surface area contributed by atoms with Crippen molar-refractivity contribution in [2.45, 2.75) is 56.6 Å². The van der Waals surface area contributed by atoms with Crippen molar-refractivity contribution in [1.82, 2.24) is 19.7 Å². The van der Waals surface area contributed by atoms with E-state index in [9.17, 15) is 10.4 Å². The minimum absolute atomic E-state index is 0.0496. The Labute approximate surface area is 175 Å². The molecule has 4 heterocycles. The molecule has 4 aliphatic rings. The molecule has 7 heteroatoms. The normalized spacial score (nSPS) is 26.5. The predicted octanol–water partition coefficient (Wildman–Crippen LogP) is 3.11. The summed E-state index contributed by atoms with van der Waals surface area (Å²) in [4.78, 5) is 11.3. The lowest BCUT2D eigenvalue weighted by Crippen LogP contribution is -2.50. The summed E-state index contributed by atoms with van der Waals surface area (Å²) in [6.07, 6.45) is 7.26. The van der Waals surface area contributed by atoms with Gasteiger partial charge in [0.15, 0.2) is 5.82 Å². The zero-order valence-corrected chi connectivity index (χ0v) is 17.2. The molecule has 0 spiro atoms. The second-order valence-electron chi connectivity index (χ2n) is 9.79. The van der Waals surface area contributed by atoms with Crippen molar-refractivity contribution in [3.05, 3.63) is 42.4 Å². The first-order chi connectivity index (χ1) is 14.3. The number of anilines is 1. The molecule has 2 saturated carbocycles. The first-order valence-electron chi connectivity index (χ1n) is 10.6. The van der Waals surface area contributed by atoms with Crippen LogP contribution in [0.4, 0.5) is 5.82 Å². The van der Waals surface area contributed by atoms with Crippen molar-refractivity contribution in [3.63, 3.8) is 0 Å². The Balaban J connectivity index is 1.37. The van der Waals surface area contributed by atoms with Crippen LogP contribution in [0.25, 0.3) is 16.7 Å². The molecule has 7 rings (SSSR count). The number of nitrogens with zero attached hydrogens (tertiary/aromatic N) is 6. The molecule has 7 nitrogen and oxygen atoms in total. The molecule has 1 N–H and O–H groups in total. The predicted molar refractivity (Wildman–Crippen MR) is 112 cm³/mol. The molecule has 0 radical (unpaired) electrons. The number of aromatic nitrogens is 4. The van der Waals surface area contributed by atoms with E-state index in [0.29, 0.717) is 6.04 Å². The molecular weight excluding hydrogens is 376 g/mol. The lowest BCUT2D eigenvalue weighted by molar-refractivity contribution is -0.0754. The molecule has 2 bridgehead atoms. The van der Waals surface area contributed by atoms with Crippen LogP contribution in [0.15, 0.2) is 36.8 Å². The topological polar surface area (TPSA) is 90.9 Å². The SMILES string of the molecule is CC(C)(O)C12CC(C1)N(c1cc(-n3ncc4ccc(C5(C#N)CC5)cc43)ncn1)C2. The molecule has 0 amide bonds. The van der Waals surface area contributed by atoms with Crippen LogP contribution in [0.1, 0.15) is 45.1 Å². The number of hydrogen-bond donors (Lipinski definition) is 1. The minimum atomic E-state index is -0.692. The highest BCUT2D eigenvalue weighted by Crippen LogP contribution is 2.58. The largest absolute Gasteiger partial charge is 0.390 e. The Hall–Kier alpha value is -2.98. The van der Waals surface area contributed by atoms with E-state index in [1.54, 1.807) is 6.33 Å². The quantitative estimate of drug-likeness (QED) is 0.724. The first kappa shape index (κ1) is 17.8. The molecule has 3 aromatic rings. The zero-order chi connectivity index (χ0) is 20.7. The summed E-state index contributed by atoms with van der Waals surface area (Å²) in [5, 5.41) is 25.8. The third-order valence-electron chi connectivity index (χ3n) is 7.70. The van der Waals surface area contributed by atoms with E-state index in [1.165, 1.54) is 0 Å². The number of hydrogen-bond acceptors (Lipinski definition) is 6. The maximum Gasteiger partial charge on any atom is 0.159 e. The second kappa shape index (κ2) is 5.58. The van der Waals surface area contributed by atoms with Gasteiger partial charge in [0, 0.05) is 29.5 Å². The van der Waals surface area contributed by atoms with Gasteiger partial charge in [0.25, 0.3) is 0 Å². The Morgan fingerprint density at radius 3 is 2.60 bits per heavy atom. The van der Waals surface area contributed by atoms with Crippen LogP contribution in [0.3, 0.4) is 0 Å². The van der Waals surface area contributed by atoms with Gasteiger partial charge in [0.2, 0.25) is 0 Å². The summed E-state index contributed by atoms with van der Waals surface area (Å²) < 4.78 is 1.84. The van der Waals surface area contributed by atoms with E-state index in [2.05, 4.69) is 32.1 Å². The molecule has 0 unspecified atom stereocenters. The lowest BCUT2D eigenvalue weighted by atomic mass is 9.61. The molecule has 4 fully saturated rings. The van der Waals surface area contributed by atoms with Gasteiger partial charge in [-0.1, -0.05) is 12.1 Å². The fraction of sp³-hybridized carbons (Fsp3) is 0.478. The molecular formula is C23H24N6O. The Morgan fingerprint density at radius 2 is 1.93 bits per heavy atom. The van der Waals surface area contributed by atoms with Gasteiger partial charge in [0.05, 0.1) is 28.8 Å². The van der Waals surface area contributed by atoms with Crippen molar-refractivity contribution in [2.75, 3.05) is 11.4 Å². The van der Waals surface area contributed by atoms with E-state index in [-0.39, 0.29) is 10.8 Å². The van der Waals surface area contributed by atoms with Crippen molar-refractivity contribution in [3.8, 4) is 11.9 Å². The number of rotatable bonds is 4. The first-order valence-corrected chi connectivity index (χ1v) is 10.6. The smallest absolute Gasteiger partial charge is 0.159 e. The molecule has 0 atom stereocenters. The highest BCUT2D eigenvalue weighted by Gasteiger charge is 2.62. The van der Waals surface area contributed by atoms with Gasteiger partial charge in [-0.25, -0.2) is 14.6 Å². The van der Waals surface area contributed by atoms with Crippen LogP contribution in [-0.4, -0.2) is 43.0 Å². The fourth-order valence-corrected chi connectivity index (χ4v) is 5.31. The molecule has 1 aromatic carbocycles. The summed E-state index contributed by atoms with van der Waals surface area (Å²) in [5.41, 5.74) is 0.939. The van der Waals surface area contributed by atoms with Crippen LogP contribution in [-0.2, 0) is 5.41 Å². The molecule has 2 aliphatic carbocycles. The Morgan fingerprint density at radius 1 is 1.17 bits per heavy atom. The summed E-state index contributed by atoms with van der Waals surface area (Å²) >= 11 is 0. The molecule has 2 aliphatic heterocycles. The average Bonchev–Trinajstić information content (AvgIpc) is 3.07. The standard InChI is InChI=1S/C23H24N6O/c1-21(2,30)23-9-17(10-23)28(13-23)19-8-20(26-14-25-19)29-18-7-16(22(12-24)5-6-22)4-3-15(18)11-27-29/h3-4,7-8,11,14,17,30H,5-6,9-10,13H2,1-2H3. The van der Waals surface area contributed by atoms with Crippen LogP contribution < -0.4 is 4.90 Å². The van der Waals surface area contributed by atoms with Gasteiger partial charge in [-0.3, -0.25) is 0 Å². The van der Waals surface area contributed by atoms with E-state index in [1.807, 2.05) is 42.9 Å². The van der Waals surface area contributed by atoms with E-state index < -0.39 is 5.60 Å². The summed E-state index contributed by atoms with van der Waals surface area (Å²) in [6, 6.07) is 11.0. The zero-order valence-electron chi connectivity index (χ0n) is 17.2. The third-order valence-corrected chi connectivity index (χ3v) is 7.70. The average molecular weight is 400 g/mol. The van der Waals surface area contributed by atoms with E-state index in [0.717, 1.165) is 60.3 Å². The monoisotopic (exact) mass is 400 g/mol. The van der Waals surface area contributed by atoms with Crippen LogP contribution in [0.2, 0.25) is 0 Å². The summed E-state index contributed by atoms with van der Waals surface area (Å²) in [5.74, 6) is 1.60. The van der Waals surface area contributed by atoms with Gasteiger partial charge in [-0.05, 0) is 51.2 Å². The Kier molecular flexibility index (Phi) is 3.32. The minimum Gasteiger partial charge on any atom is -0.390 e. The Bertz CT molecular complexity index is 1210. The van der Waals surface area contributed by atoms with E-state index in [4.69, 9.17) is 0 Å². The fourth-order valence-electron chi connectivity index (χ4n) is 5.31. The van der Waals surface area contributed by atoms with E-state index >= 15 is 0 Å². The summed E-state index contributed by atoms with van der Waals surface area (Å²) in [6.45, 7) is 4.64. The number of aliphatic hydroxyl groups is 1. The van der Waals surface area contributed by atoms with Gasteiger partial charge in [-0.15, -0.1) is 0 Å². The van der Waals surface area contributed by atoms with Crippen molar-refractivity contribution >= 4 is 16.7 Å². The maximum absolute atomic E-state index is 10.6.